The van der Waals surface area contributed by atoms with Crippen LogP contribution in [0.1, 0.15) is 29.8 Å². The van der Waals surface area contributed by atoms with Gasteiger partial charge in [-0.25, -0.2) is 4.39 Å². The van der Waals surface area contributed by atoms with Gasteiger partial charge in [0.25, 0.3) is 5.91 Å². The first-order chi connectivity index (χ1) is 14.3. The summed E-state index contributed by atoms with van der Waals surface area (Å²) in [6.07, 6.45) is 0. The number of nitrogens with one attached hydrogen (secondary N) is 1. The number of benzene rings is 2. The van der Waals surface area contributed by atoms with Gasteiger partial charge in [0.1, 0.15) is 11.9 Å². The van der Waals surface area contributed by atoms with Gasteiger partial charge in [-0.2, -0.15) is 0 Å². The van der Waals surface area contributed by atoms with Crippen LogP contribution >= 0.6 is 11.6 Å². The lowest BCUT2D eigenvalue weighted by Crippen LogP contribution is -2.56. The van der Waals surface area contributed by atoms with Gasteiger partial charge in [-0.05, 0) is 35.7 Å². The molecule has 1 unspecified atom stereocenters. The van der Waals surface area contributed by atoms with Crippen LogP contribution < -0.4 is 5.32 Å². The second kappa shape index (κ2) is 10.0. The van der Waals surface area contributed by atoms with Gasteiger partial charge >= 0.3 is 0 Å². The second-order valence-electron chi connectivity index (χ2n) is 7.90. The Morgan fingerprint density at radius 3 is 2.27 bits per heavy atom. The van der Waals surface area contributed by atoms with Gasteiger partial charge in [0.05, 0.1) is 5.56 Å². The molecule has 0 aliphatic carbocycles. The molecule has 1 aliphatic heterocycles. The third kappa shape index (κ3) is 5.58. The Bertz CT molecular complexity index is 880. The minimum absolute atomic E-state index is 0.0521. The predicted octanol–water partition coefficient (Wildman–Crippen LogP) is 3.58. The van der Waals surface area contributed by atoms with Gasteiger partial charge in [0.2, 0.25) is 5.91 Å². The zero-order valence-corrected chi connectivity index (χ0v) is 18.0. The Kier molecular flexibility index (Phi) is 7.45. The van der Waals surface area contributed by atoms with Crippen molar-refractivity contribution in [3.63, 3.8) is 0 Å². The van der Waals surface area contributed by atoms with Crippen molar-refractivity contribution in [1.29, 1.82) is 0 Å². The molecule has 30 heavy (non-hydrogen) atoms. The molecule has 3 rings (SSSR count). The maximum absolute atomic E-state index is 13.9. The van der Waals surface area contributed by atoms with Gasteiger partial charge in [0.15, 0.2) is 0 Å². The summed E-state index contributed by atoms with van der Waals surface area (Å²) in [5, 5.41) is 3.44. The minimum atomic E-state index is -0.695. The number of halogens is 2. The first-order valence-corrected chi connectivity index (χ1v) is 10.5. The molecule has 0 radical (unpaired) electrons. The molecule has 0 saturated carbocycles. The van der Waals surface area contributed by atoms with E-state index in [4.69, 9.17) is 11.6 Å². The lowest BCUT2D eigenvalue weighted by molar-refractivity contribution is -0.136. The van der Waals surface area contributed by atoms with Gasteiger partial charge in [0, 0.05) is 37.7 Å². The topological polar surface area (TPSA) is 52.7 Å². The van der Waals surface area contributed by atoms with E-state index in [0.717, 1.165) is 19.6 Å². The fourth-order valence-corrected chi connectivity index (χ4v) is 3.67. The quantitative estimate of drug-likeness (QED) is 0.760. The Morgan fingerprint density at radius 2 is 1.67 bits per heavy atom. The van der Waals surface area contributed by atoms with Crippen molar-refractivity contribution >= 4 is 23.4 Å². The van der Waals surface area contributed by atoms with E-state index in [0.29, 0.717) is 18.1 Å². The molecular formula is C23H27ClFN3O2. The average molecular weight is 432 g/mol. The lowest BCUT2D eigenvalue weighted by Gasteiger charge is -2.37. The van der Waals surface area contributed by atoms with Crippen molar-refractivity contribution in [3.8, 4) is 0 Å². The Morgan fingerprint density at radius 1 is 1.03 bits per heavy atom. The first-order valence-electron chi connectivity index (χ1n) is 10.2. The standard InChI is InChI=1S/C23H27ClFN3O2/c1-16(2)21(26-22(29)19-5-3-4-6-20(19)25)23(30)28-13-11-27(12-14-28)15-17-7-9-18(24)10-8-17/h3-10,16,21H,11-15H2,1-2H3,(H,26,29). The van der Waals surface area contributed by atoms with Gasteiger partial charge in [-0.3, -0.25) is 14.5 Å². The second-order valence-corrected chi connectivity index (χ2v) is 8.34. The molecular weight excluding hydrogens is 405 g/mol. The number of carbonyl (C=O) groups is 2. The van der Waals surface area contributed by atoms with Crippen molar-refractivity contribution in [2.24, 2.45) is 5.92 Å². The zero-order chi connectivity index (χ0) is 21.7. The molecule has 0 spiro atoms. The molecule has 1 N–H and O–H groups in total. The van der Waals surface area contributed by atoms with Crippen LogP contribution in [0.5, 0.6) is 0 Å². The lowest BCUT2D eigenvalue weighted by atomic mass is 10.0. The molecule has 2 aromatic rings. The summed E-state index contributed by atoms with van der Waals surface area (Å²) in [5.41, 5.74) is 1.13. The number of rotatable bonds is 6. The van der Waals surface area contributed by atoms with Crippen molar-refractivity contribution in [2.75, 3.05) is 26.2 Å². The molecule has 7 heteroatoms. The number of hydrogen-bond donors (Lipinski definition) is 1. The van der Waals surface area contributed by atoms with Crippen LogP contribution in [0.2, 0.25) is 5.02 Å². The number of piperazine rings is 1. The zero-order valence-electron chi connectivity index (χ0n) is 17.3. The molecule has 1 aliphatic rings. The summed E-state index contributed by atoms with van der Waals surface area (Å²) in [7, 11) is 0. The van der Waals surface area contributed by atoms with Crippen LogP contribution in [-0.2, 0) is 11.3 Å². The van der Waals surface area contributed by atoms with Crippen LogP contribution in [0, 0.1) is 11.7 Å². The fourth-order valence-electron chi connectivity index (χ4n) is 3.55. The van der Waals surface area contributed by atoms with Gasteiger partial charge in [-0.15, -0.1) is 0 Å². The number of hydrogen-bond acceptors (Lipinski definition) is 3. The van der Waals surface area contributed by atoms with E-state index in [2.05, 4.69) is 10.2 Å². The molecule has 2 aromatic carbocycles. The molecule has 2 amide bonds. The van der Waals surface area contributed by atoms with Gasteiger partial charge < -0.3 is 10.2 Å². The smallest absolute Gasteiger partial charge is 0.254 e. The first kappa shape index (κ1) is 22.2. The van der Waals surface area contributed by atoms with E-state index in [1.54, 1.807) is 11.0 Å². The van der Waals surface area contributed by atoms with Crippen molar-refractivity contribution in [3.05, 3.63) is 70.5 Å². The maximum atomic E-state index is 13.9. The maximum Gasteiger partial charge on any atom is 0.254 e. The van der Waals surface area contributed by atoms with Crippen LogP contribution in [0.4, 0.5) is 4.39 Å². The van der Waals surface area contributed by atoms with Crippen LogP contribution in [-0.4, -0.2) is 53.8 Å². The summed E-state index contributed by atoms with van der Waals surface area (Å²) in [5.74, 6) is -1.40. The molecule has 160 valence electrons. The molecule has 1 fully saturated rings. The highest BCUT2D eigenvalue weighted by Crippen LogP contribution is 2.15. The summed E-state index contributed by atoms with van der Waals surface area (Å²) in [6.45, 7) is 7.23. The van der Waals surface area contributed by atoms with Gasteiger partial charge in [-0.1, -0.05) is 49.7 Å². The van der Waals surface area contributed by atoms with Crippen LogP contribution in [0.3, 0.4) is 0 Å². The summed E-state index contributed by atoms with van der Waals surface area (Å²) >= 11 is 5.94. The normalized spacial score (nSPS) is 15.8. The van der Waals surface area contributed by atoms with E-state index in [-0.39, 0.29) is 17.4 Å². The summed E-state index contributed by atoms with van der Waals surface area (Å²) < 4.78 is 13.9. The van der Waals surface area contributed by atoms with E-state index in [1.807, 2.05) is 38.1 Å². The highest BCUT2D eigenvalue weighted by atomic mass is 35.5. The molecule has 1 saturated heterocycles. The Labute approximate surface area is 181 Å². The Hall–Kier alpha value is -2.44. The SMILES string of the molecule is CC(C)C(NC(=O)c1ccccc1F)C(=O)N1CCN(Cc2ccc(Cl)cc2)CC1. The Balaban J connectivity index is 1.58. The fraction of sp³-hybridized carbons (Fsp3) is 0.391. The molecule has 1 atom stereocenters. The minimum Gasteiger partial charge on any atom is -0.340 e. The predicted molar refractivity (Wildman–Crippen MR) is 116 cm³/mol. The third-order valence-corrected chi connectivity index (χ3v) is 5.59. The molecule has 0 aromatic heterocycles. The molecule has 1 heterocycles. The van der Waals surface area contributed by atoms with Crippen molar-refractivity contribution < 1.29 is 14.0 Å². The van der Waals surface area contributed by atoms with E-state index < -0.39 is 17.8 Å². The van der Waals surface area contributed by atoms with E-state index >= 15 is 0 Å². The van der Waals surface area contributed by atoms with E-state index in [1.165, 1.54) is 23.8 Å². The third-order valence-electron chi connectivity index (χ3n) is 5.34. The molecule has 5 nitrogen and oxygen atoms in total. The molecule has 0 bridgehead atoms. The van der Waals surface area contributed by atoms with Crippen molar-refractivity contribution in [1.82, 2.24) is 15.1 Å². The highest BCUT2D eigenvalue weighted by molar-refractivity contribution is 6.30. The largest absolute Gasteiger partial charge is 0.340 e. The number of amides is 2. The van der Waals surface area contributed by atoms with E-state index in [9.17, 15) is 14.0 Å². The van der Waals surface area contributed by atoms with Crippen molar-refractivity contribution in [2.45, 2.75) is 26.4 Å². The summed E-state index contributed by atoms with van der Waals surface area (Å²) in [4.78, 5) is 29.7. The highest BCUT2D eigenvalue weighted by Gasteiger charge is 2.31. The number of nitrogens with zero attached hydrogens (tertiary/aromatic N) is 2. The summed E-state index contributed by atoms with van der Waals surface area (Å²) in [6, 6.07) is 12.9. The van der Waals surface area contributed by atoms with Crippen LogP contribution in [0.15, 0.2) is 48.5 Å². The average Bonchev–Trinajstić information content (AvgIpc) is 2.73. The number of carbonyl (C=O) groups excluding carboxylic acids is 2. The van der Waals surface area contributed by atoms with Crippen LogP contribution in [0.25, 0.3) is 0 Å². The monoisotopic (exact) mass is 431 g/mol.